The number of anilines is 2. The van der Waals surface area contributed by atoms with Crippen LogP contribution in [0.5, 0.6) is 0 Å². The molecule has 0 bridgehead atoms. The standard InChI is InChI=1S/C20H29N3O3/c1-5-17-8-6-7-13-23(17)19(26)20(3,4)18(25)22-16-11-9-15(10-12-16)21-14(2)24/h9-12,17H,5-8,13H2,1-4H3,(H,21,24)(H,22,25). The SMILES string of the molecule is CCC1CCCCN1C(=O)C(C)(C)C(=O)Nc1ccc(NC(C)=O)cc1. The Morgan fingerprint density at radius 1 is 1.08 bits per heavy atom. The third kappa shape index (κ3) is 4.62. The summed E-state index contributed by atoms with van der Waals surface area (Å²) in [6, 6.07) is 7.06. The summed E-state index contributed by atoms with van der Waals surface area (Å²) in [5.74, 6) is -0.591. The van der Waals surface area contributed by atoms with Crippen LogP contribution in [-0.4, -0.2) is 35.2 Å². The lowest BCUT2D eigenvalue weighted by atomic mass is 9.87. The number of rotatable bonds is 5. The minimum absolute atomic E-state index is 0.114. The number of piperidine rings is 1. The Morgan fingerprint density at radius 3 is 2.19 bits per heavy atom. The molecule has 3 amide bonds. The van der Waals surface area contributed by atoms with E-state index in [9.17, 15) is 14.4 Å². The van der Waals surface area contributed by atoms with Crippen molar-refractivity contribution in [3.05, 3.63) is 24.3 Å². The summed E-state index contributed by atoms with van der Waals surface area (Å²) in [6.07, 6.45) is 4.04. The van der Waals surface area contributed by atoms with Gasteiger partial charge in [-0.25, -0.2) is 0 Å². The first-order valence-electron chi connectivity index (χ1n) is 9.26. The zero-order chi connectivity index (χ0) is 19.3. The zero-order valence-corrected chi connectivity index (χ0v) is 16.1. The molecule has 26 heavy (non-hydrogen) atoms. The van der Waals surface area contributed by atoms with Gasteiger partial charge in [-0.3, -0.25) is 14.4 Å². The summed E-state index contributed by atoms with van der Waals surface area (Å²) in [6.45, 7) is 7.60. The summed E-state index contributed by atoms with van der Waals surface area (Å²) in [5, 5.41) is 5.49. The summed E-state index contributed by atoms with van der Waals surface area (Å²) >= 11 is 0. The molecule has 0 aliphatic carbocycles. The average molecular weight is 359 g/mol. The maximum absolute atomic E-state index is 13.0. The van der Waals surface area contributed by atoms with Crippen LogP contribution in [0.1, 0.15) is 53.4 Å². The van der Waals surface area contributed by atoms with Crippen LogP contribution in [0.3, 0.4) is 0 Å². The van der Waals surface area contributed by atoms with Gasteiger partial charge in [0.05, 0.1) is 0 Å². The van der Waals surface area contributed by atoms with E-state index >= 15 is 0 Å². The zero-order valence-electron chi connectivity index (χ0n) is 16.1. The van der Waals surface area contributed by atoms with Crippen molar-refractivity contribution in [2.24, 2.45) is 5.41 Å². The van der Waals surface area contributed by atoms with E-state index in [-0.39, 0.29) is 23.8 Å². The first kappa shape index (κ1) is 19.9. The second-order valence-corrected chi connectivity index (χ2v) is 7.39. The fourth-order valence-corrected chi connectivity index (χ4v) is 3.28. The van der Waals surface area contributed by atoms with E-state index in [1.54, 1.807) is 38.1 Å². The van der Waals surface area contributed by atoms with Crippen molar-refractivity contribution in [1.82, 2.24) is 4.90 Å². The van der Waals surface area contributed by atoms with Crippen molar-refractivity contribution in [2.75, 3.05) is 17.2 Å². The fraction of sp³-hybridized carbons (Fsp3) is 0.550. The Balaban J connectivity index is 2.06. The molecule has 1 heterocycles. The highest BCUT2D eigenvalue weighted by atomic mass is 16.2. The molecule has 6 nitrogen and oxygen atoms in total. The molecule has 1 aliphatic heterocycles. The topological polar surface area (TPSA) is 78.5 Å². The van der Waals surface area contributed by atoms with Gasteiger partial charge >= 0.3 is 0 Å². The molecule has 0 saturated carbocycles. The van der Waals surface area contributed by atoms with Gasteiger partial charge in [-0.15, -0.1) is 0 Å². The predicted molar refractivity (Wildman–Crippen MR) is 103 cm³/mol. The molecular weight excluding hydrogens is 330 g/mol. The molecule has 0 aromatic heterocycles. The number of carbonyl (C=O) groups is 3. The number of carbonyl (C=O) groups excluding carboxylic acids is 3. The van der Waals surface area contributed by atoms with Crippen molar-refractivity contribution >= 4 is 29.1 Å². The quantitative estimate of drug-likeness (QED) is 0.791. The molecule has 1 aromatic rings. The van der Waals surface area contributed by atoms with Crippen molar-refractivity contribution in [2.45, 2.75) is 59.4 Å². The highest BCUT2D eigenvalue weighted by molar-refractivity contribution is 6.10. The van der Waals surface area contributed by atoms with Gasteiger partial charge in [-0.1, -0.05) is 6.92 Å². The van der Waals surface area contributed by atoms with Gasteiger partial charge in [0.1, 0.15) is 5.41 Å². The highest BCUT2D eigenvalue weighted by Gasteiger charge is 2.41. The van der Waals surface area contributed by atoms with Crippen LogP contribution < -0.4 is 10.6 Å². The monoisotopic (exact) mass is 359 g/mol. The van der Waals surface area contributed by atoms with Crippen LogP contribution in [0.25, 0.3) is 0 Å². The molecule has 142 valence electrons. The number of likely N-dealkylation sites (tertiary alicyclic amines) is 1. The van der Waals surface area contributed by atoms with Crippen LogP contribution in [0, 0.1) is 5.41 Å². The van der Waals surface area contributed by atoms with E-state index in [1.165, 1.54) is 6.92 Å². The maximum atomic E-state index is 13.0. The Morgan fingerprint density at radius 2 is 1.65 bits per heavy atom. The Labute approximate surface area is 155 Å². The predicted octanol–water partition coefficient (Wildman–Crippen LogP) is 3.40. The Hall–Kier alpha value is -2.37. The van der Waals surface area contributed by atoms with E-state index in [2.05, 4.69) is 17.6 Å². The number of nitrogens with one attached hydrogen (secondary N) is 2. The van der Waals surface area contributed by atoms with Gasteiger partial charge in [0.15, 0.2) is 0 Å². The molecule has 6 heteroatoms. The summed E-state index contributed by atoms with van der Waals surface area (Å²) in [4.78, 5) is 38.7. The summed E-state index contributed by atoms with van der Waals surface area (Å²) in [5.41, 5.74) is 0.113. The van der Waals surface area contributed by atoms with Gasteiger partial charge in [0.2, 0.25) is 17.7 Å². The minimum Gasteiger partial charge on any atom is -0.339 e. The van der Waals surface area contributed by atoms with Crippen molar-refractivity contribution < 1.29 is 14.4 Å². The van der Waals surface area contributed by atoms with E-state index in [0.717, 1.165) is 32.2 Å². The number of benzene rings is 1. The van der Waals surface area contributed by atoms with E-state index < -0.39 is 5.41 Å². The third-order valence-electron chi connectivity index (χ3n) is 4.92. The first-order valence-corrected chi connectivity index (χ1v) is 9.26. The van der Waals surface area contributed by atoms with Crippen molar-refractivity contribution in [1.29, 1.82) is 0 Å². The maximum Gasteiger partial charge on any atom is 0.239 e. The average Bonchev–Trinajstić information content (AvgIpc) is 2.62. The second kappa shape index (κ2) is 8.34. The smallest absolute Gasteiger partial charge is 0.239 e. The van der Waals surface area contributed by atoms with Crippen LogP contribution >= 0.6 is 0 Å². The lowest BCUT2D eigenvalue weighted by Crippen LogP contribution is -2.52. The van der Waals surface area contributed by atoms with Gasteiger partial charge in [0.25, 0.3) is 0 Å². The lowest BCUT2D eigenvalue weighted by molar-refractivity contribution is -0.149. The number of amides is 3. The lowest BCUT2D eigenvalue weighted by Gasteiger charge is -2.39. The fourth-order valence-electron chi connectivity index (χ4n) is 3.28. The second-order valence-electron chi connectivity index (χ2n) is 7.39. The molecule has 0 spiro atoms. The molecule has 1 unspecified atom stereocenters. The van der Waals surface area contributed by atoms with Crippen molar-refractivity contribution in [3.8, 4) is 0 Å². The third-order valence-corrected chi connectivity index (χ3v) is 4.92. The molecular formula is C20H29N3O3. The van der Waals surface area contributed by atoms with E-state index in [0.29, 0.717) is 11.4 Å². The van der Waals surface area contributed by atoms with Gasteiger partial charge < -0.3 is 15.5 Å². The van der Waals surface area contributed by atoms with Gasteiger partial charge in [-0.2, -0.15) is 0 Å². The summed E-state index contributed by atoms with van der Waals surface area (Å²) in [7, 11) is 0. The molecule has 1 aliphatic rings. The molecule has 2 rings (SSSR count). The summed E-state index contributed by atoms with van der Waals surface area (Å²) < 4.78 is 0. The van der Waals surface area contributed by atoms with Crippen LogP contribution in [0.2, 0.25) is 0 Å². The van der Waals surface area contributed by atoms with Crippen LogP contribution in [0.4, 0.5) is 11.4 Å². The van der Waals surface area contributed by atoms with Crippen LogP contribution in [0.15, 0.2) is 24.3 Å². The molecule has 1 atom stereocenters. The Bertz CT molecular complexity index is 667. The molecule has 1 aromatic carbocycles. The number of nitrogens with zero attached hydrogens (tertiary/aromatic N) is 1. The Kier molecular flexibility index (Phi) is 6.40. The first-order chi connectivity index (χ1) is 12.3. The largest absolute Gasteiger partial charge is 0.339 e. The number of hydrogen-bond donors (Lipinski definition) is 2. The molecule has 1 fully saturated rings. The highest BCUT2D eigenvalue weighted by Crippen LogP contribution is 2.28. The normalized spacial score (nSPS) is 17.5. The minimum atomic E-state index is -1.14. The van der Waals surface area contributed by atoms with Gasteiger partial charge in [-0.05, 0) is 63.8 Å². The molecule has 1 saturated heterocycles. The van der Waals surface area contributed by atoms with Gasteiger partial charge in [0, 0.05) is 30.9 Å². The van der Waals surface area contributed by atoms with E-state index in [1.807, 2.05) is 4.90 Å². The number of hydrogen-bond acceptors (Lipinski definition) is 3. The van der Waals surface area contributed by atoms with E-state index in [4.69, 9.17) is 0 Å². The molecule has 0 radical (unpaired) electrons. The molecule has 2 N–H and O–H groups in total. The van der Waals surface area contributed by atoms with Crippen LogP contribution in [-0.2, 0) is 14.4 Å². The van der Waals surface area contributed by atoms with Crippen molar-refractivity contribution in [3.63, 3.8) is 0 Å².